The van der Waals surface area contributed by atoms with Crippen molar-refractivity contribution in [2.75, 3.05) is 18.2 Å². The SMILES string of the molecule is COc1ccc2nc(-n3nc(C)cc3NC(=O)CCCS(=O)(=O)c3ccc(F)cc3)sc2c1. The Hall–Kier alpha value is -3.31. The van der Waals surface area contributed by atoms with Gasteiger partial charge in [0.1, 0.15) is 17.4 Å². The molecule has 0 radical (unpaired) electrons. The molecular formula is C22H21FN4O4S2. The van der Waals surface area contributed by atoms with E-state index in [2.05, 4.69) is 15.4 Å². The number of rotatable bonds is 8. The summed E-state index contributed by atoms with van der Waals surface area (Å²) in [6.45, 7) is 1.80. The summed E-state index contributed by atoms with van der Waals surface area (Å²) in [5.74, 6) is 0.105. The molecule has 4 rings (SSSR count). The average molecular weight is 489 g/mol. The number of thiazole rings is 1. The molecule has 11 heteroatoms. The monoisotopic (exact) mass is 488 g/mol. The number of nitrogens with one attached hydrogen (secondary N) is 1. The lowest BCUT2D eigenvalue weighted by Gasteiger charge is -2.07. The number of hydrogen-bond acceptors (Lipinski definition) is 7. The number of anilines is 1. The van der Waals surface area contributed by atoms with Crippen molar-refractivity contribution in [1.29, 1.82) is 0 Å². The number of amides is 1. The number of hydrogen-bond donors (Lipinski definition) is 1. The molecule has 0 bridgehead atoms. The second kappa shape index (κ2) is 9.28. The zero-order valence-corrected chi connectivity index (χ0v) is 19.5. The standard InChI is InChI=1S/C22H21FN4O4S2/c1-14-12-20(27(26-14)22-24-18-10-7-16(31-2)13-19(18)32-22)25-21(28)4-3-11-33(29,30)17-8-5-15(23)6-9-17/h5-10,12-13H,3-4,11H2,1-2H3,(H,25,28). The summed E-state index contributed by atoms with van der Waals surface area (Å²) in [6.07, 6.45) is 0.126. The van der Waals surface area contributed by atoms with E-state index >= 15 is 0 Å². The van der Waals surface area contributed by atoms with Crippen LogP contribution >= 0.6 is 11.3 Å². The molecule has 0 spiro atoms. The largest absolute Gasteiger partial charge is 0.497 e. The van der Waals surface area contributed by atoms with Gasteiger partial charge in [0.05, 0.1) is 33.7 Å². The quantitative estimate of drug-likeness (QED) is 0.374. The van der Waals surface area contributed by atoms with Gasteiger partial charge in [0.2, 0.25) is 11.0 Å². The number of benzene rings is 2. The summed E-state index contributed by atoms with van der Waals surface area (Å²) in [6, 6.07) is 11.9. The number of methoxy groups -OCH3 is 1. The normalized spacial score (nSPS) is 11.6. The van der Waals surface area contributed by atoms with Crippen LogP contribution in [0.25, 0.3) is 15.3 Å². The van der Waals surface area contributed by atoms with E-state index in [1.807, 2.05) is 18.2 Å². The van der Waals surface area contributed by atoms with Gasteiger partial charge < -0.3 is 10.1 Å². The van der Waals surface area contributed by atoms with Crippen molar-refractivity contribution in [3.05, 3.63) is 60.0 Å². The van der Waals surface area contributed by atoms with E-state index in [1.165, 1.54) is 23.5 Å². The van der Waals surface area contributed by atoms with Gasteiger partial charge in [-0.1, -0.05) is 11.3 Å². The number of fused-ring (bicyclic) bond motifs is 1. The Labute approximate surface area is 194 Å². The third-order valence-electron chi connectivity index (χ3n) is 4.85. The minimum atomic E-state index is -3.60. The molecule has 33 heavy (non-hydrogen) atoms. The molecular weight excluding hydrogens is 467 g/mol. The summed E-state index contributed by atoms with van der Waals surface area (Å²) < 4.78 is 45.5. The van der Waals surface area contributed by atoms with E-state index in [4.69, 9.17) is 4.74 Å². The van der Waals surface area contributed by atoms with E-state index < -0.39 is 15.7 Å². The summed E-state index contributed by atoms with van der Waals surface area (Å²) in [5, 5.41) is 7.80. The fraction of sp³-hybridized carbons (Fsp3) is 0.227. The Morgan fingerprint density at radius 1 is 1.18 bits per heavy atom. The summed E-state index contributed by atoms with van der Waals surface area (Å²) in [7, 11) is -2.00. The minimum Gasteiger partial charge on any atom is -0.497 e. The average Bonchev–Trinajstić information content (AvgIpc) is 3.36. The molecule has 1 amide bonds. The first kappa shape index (κ1) is 22.9. The van der Waals surface area contributed by atoms with Crippen molar-refractivity contribution in [3.63, 3.8) is 0 Å². The van der Waals surface area contributed by atoms with Gasteiger partial charge in [-0.25, -0.2) is 17.8 Å². The third kappa shape index (κ3) is 5.20. The molecule has 8 nitrogen and oxygen atoms in total. The summed E-state index contributed by atoms with van der Waals surface area (Å²) >= 11 is 1.41. The first-order valence-electron chi connectivity index (χ1n) is 10.0. The molecule has 4 aromatic rings. The number of aromatic nitrogens is 3. The van der Waals surface area contributed by atoms with Crippen LogP contribution in [0.3, 0.4) is 0 Å². The highest BCUT2D eigenvalue weighted by Crippen LogP contribution is 2.30. The van der Waals surface area contributed by atoms with Crippen LogP contribution in [0.15, 0.2) is 53.4 Å². The number of halogens is 1. The highest BCUT2D eigenvalue weighted by molar-refractivity contribution is 7.91. The summed E-state index contributed by atoms with van der Waals surface area (Å²) in [4.78, 5) is 17.1. The van der Waals surface area contributed by atoms with Gasteiger partial charge in [-0.05, 0) is 55.8 Å². The van der Waals surface area contributed by atoms with Crippen LogP contribution < -0.4 is 10.1 Å². The molecule has 0 unspecified atom stereocenters. The molecule has 0 aliphatic heterocycles. The van der Waals surface area contributed by atoms with Crippen LogP contribution in [0.2, 0.25) is 0 Å². The zero-order valence-electron chi connectivity index (χ0n) is 17.9. The van der Waals surface area contributed by atoms with Crippen molar-refractivity contribution in [2.45, 2.75) is 24.7 Å². The van der Waals surface area contributed by atoms with Crippen molar-refractivity contribution in [2.24, 2.45) is 0 Å². The lowest BCUT2D eigenvalue weighted by atomic mass is 10.3. The van der Waals surface area contributed by atoms with Crippen molar-refractivity contribution < 1.29 is 22.3 Å². The number of aryl methyl sites for hydroxylation is 1. The van der Waals surface area contributed by atoms with E-state index in [1.54, 1.807) is 24.8 Å². The Balaban J connectivity index is 1.43. The highest BCUT2D eigenvalue weighted by Gasteiger charge is 2.17. The van der Waals surface area contributed by atoms with Gasteiger partial charge in [-0.3, -0.25) is 4.79 Å². The smallest absolute Gasteiger partial charge is 0.225 e. The number of carbonyl (C=O) groups is 1. The van der Waals surface area contributed by atoms with Crippen LogP contribution in [0.5, 0.6) is 5.75 Å². The van der Waals surface area contributed by atoms with E-state index in [9.17, 15) is 17.6 Å². The van der Waals surface area contributed by atoms with Gasteiger partial charge in [-0.2, -0.15) is 9.78 Å². The Morgan fingerprint density at radius 3 is 2.67 bits per heavy atom. The topological polar surface area (TPSA) is 103 Å². The van der Waals surface area contributed by atoms with Crippen LogP contribution in [-0.4, -0.2) is 42.0 Å². The van der Waals surface area contributed by atoms with Crippen molar-refractivity contribution in [3.8, 4) is 10.9 Å². The van der Waals surface area contributed by atoms with Gasteiger partial charge in [0, 0.05) is 12.5 Å². The van der Waals surface area contributed by atoms with Crippen LogP contribution in [0.4, 0.5) is 10.2 Å². The van der Waals surface area contributed by atoms with Gasteiger partial charge in [-0.15, -0.1) is 0 Å². The van der Waals surface area contributed by atoms with E-state index in [0.29, 0.717) is 16.6 Å². The minimum absolute atomic E-state index is 0.00168. The van der Waals surface area contributed by atoms with Crippen molar-refractivity contribution in [1.82, 2.24) is 14.8 Å². The predicted octanol–water partition coefficient (Wildman–Crippen LogP) is 4.13. The zero-order chi connectivity index (χ0) is 23.6. The molecule has 172 valence electrons. The van der Waals surface area contributed by atoms with Crippen LogP contribution in [0.1, 0.15) is 18.5 Å². The molecule has 2 aromatic carbocycles. The molecule has 0 saturated carbocycles. The van der Waals surface area contributed by atoms with Gasteiger partial charge >= 0.3 is 0 Å². The number of sulfone groups is 1. The molecule has 0 saturated heterocycles. The predicted molar refractivity (Wildman–Crippen MR) is 124 cm³/mol. The molecule has 0 aliphatic carbocycles. The molecule has 0 aliphatic rings. The lowest BCUT2D eigenvalue weighted by Crippen LogP contribution is -2.16. The number of nitrogens with zero attached hydrogens (tertiary/aromatic N) is 3. The maximum atomic E-state index is 13.0. The van der Waals surface area contributed by atoms with E-state index in [-0.39, 0.29) is 29.4 Å². The Kier molecular flexibility index (Phi) is 6.43. The number of ether oxygens (including phenoxy) is 1. The molecule has 1 N–H and O–H groups in total. The molecule has 0 fully saturated rings. The maximum Gasteiger partial charge on any atom is 0.225 e. The highest BCUT2D eigenvalue weighted by atomic mass is 32.2. The van der Waals surface area contributed by atoms with Crippen LogP contribution in [-0.2, 0) is 14.6 Å². The maximum absolute atomic E-state index is 13.0. The number of carbonyl (C=O) groups excluding carboxylic acids is 1. The first-order chi connectivity index (χ1) is 15.7. The second-order valence-electron chi connectivity index (χ2n) is 7.34. The fourth-order valence-corrected chi connectivity index (χ4v) is 5.50. The van der Waals surface area contributed by atoms with E-state index in [0.717, 1.165) is 28.1 Å². The fourth-order valence-electron chi connectivity index (χ4n) is 3.23. The van der Waals surface area contributed by atoms with Gasteiger partial charge in [0.15, 0.2) is 9.84 Å². The Bertz CT molecular complexity index is 1410. The Morgan fingerprint density at radius 2 is 1.94 bits per heavy atom. The first-order valence-corrected chi connectivity index (χ1v) is 12.5. The van der Waals surface area contributed by atoms with Gasteiger partial charge in [0.25, 0.3) is 0 Å². The van der Waals surface area contributed by atoms with Crippen molar-refractivity contribution >= 4 is 43.1 Å². The molecule has 0 atom stereocenters. The molecule has 2 heterocycles. The second-order valence-corrected chi connectivity index (χ2v) is 10.5. The lowest BCUT2D eigenvalue weighted by molar-refractivity contribution is -0.116. The third-order valence-corrected chi connectivity index (χ3v) is 7.66. The van der Waals surface area contributed by atoms with Crippen LogP contribution in [0, 0.1) is 12.7 Å². The summed E-state index contributed by atoms with van der Waals surface area (Å²) in [5.41, 5.74) is 1.48. The molecule has 2 aromatic heterocycles.